The summed E-state index contributed by atoms with van der Waals surface area (Å²) in [7, 11) is 0. The first-order chi connectivity index (χ1) is 8.55. The van der Waals surface area contributed by atoms with Gasteiger partial charge in [0.05, 0.1) is 0 Å². The zero-order chi connectivity index (χ0) is 13.5. The van der Waals surface area contributed by atoms with Crippen LogP contribution in [0.2, 0.25) is 0 Å². The lowest BCUT2D eigenvalue weighted by Gasteiger charge is -2.01. The van der Waals surface area contributed by atoms with Gasteiger partial charge in [0.2, 0.25) is 0 Å². The van der Waals surface area contributed by atoms with E-state index in [0.29, 0.717) is 23.9 Å². The van der Waals surface area contributed by atoms with Crippen LogP contribution in [0.25, 0.3) is 0 Å². The van der Waals surface area contributed by atoms with Gasteiger partial charge in [0.1, 0.15) is 11.7 Å². The van der Waals surface area contributed by atoms with E-state index in [1.54, 1.807) is 6.07 Å². The normalized spacial score (nSPS) is 12.6. The molecule has 0 fully saturated rings. The van der Waals surface area contributed by atoms with Gasteiger partial charge in [-0.15, -0.1) is 0 Å². The summed E-state index contributed by atoms with van der Waals surface area (Å²) in [4.78, 5) is 12.7. The molecule has 0 aliphatic rings. The number of nitrogens with one attached hydrogen (secondary N) is 1. The summed E-state index contributed by atoms with van der Waals surface area (Å²) >= 11 is 0. The van der Waals surface area contributed by atoms with Crippen LogP contribution in [-0.2, 0) is 6.42 Å². The molecular weight excluding hydrogens is 226 g/mol. The lowest BCUT2D eigenvalue weighted by Crippen LogP contribution is -2.08. The Bertz CT molecular complexity index is 488. The highest BCUT2D eigenvalue weighted by Gasteiger charge is 2.00. The summed E-state index contributed by atoms with van der Waals surface area (Å²) in [5, 5.41) is 7.07. The standard InChI is InChI=1S/C13H19N5/c1-4-9(2)7-11(15)17-13-8-10(3)16-12(18-13)5-6-14/h6-8,14H,4-5H2,1-3H3,(H2,15,16,17,18)/b9-7+,14-6?. The van der Waals surface area contributed by atoms with Gasteiger partial charge in [-0.05, 0) is 26.3 Å². The minimum absolute atomic E-state index is 0.411. The molecule has 0 atom stereocenters. The van der Waals surface area contributed by atoms with Gasteiger partial charge in [0.15, 0.2) is 5.82 Å². The molecular formula is C13H19N5. The maximum Gasteiger partial charge on any atom is 0.158 e. The quantitative estimate of drug-likeness (QED) is 0.616. The average Bonchev–Trinajstić information content (AvgIpc) is 2.28. The van der Waals surface area contributed by atoms with Gasteiger partial charge in [-0.3, -0.25) is 0 Å². The van der Waals surface area contributed by atoms with E-state index >= 15 is 0 Å². The van der Waals surface area contributed by atoms with Gasteiger partial charge in [-0.2, -0.15) is 0 Å². The molecule has 0 unspecified atom stereocenters. The third-order valence-corrected chi connectivity index (χ3v) is 2.37. The van der Waals surface area contributed by atoms with Crippen molar-refractivity contribution in [1.82, 2.24) is 9.97 Å². The summed E-state index contributed by atoms with van der Waals surface area (Å²) in [6.07, 6.45) is 4.46. The minimum Gasteiger partial charge on any atom is -0.384 e. The van der Waals surface area contributed by atoms with Crippen LogP contribution in [0.1, 0.15) is 31.8 Å². The van der Waals surface area contributed by atoms with E-state index in [9.17, 15) is 0 Å². The summed E-state index contributed by atoms with van der Waals surface area (Å²) in [6, 6.07) is 1.77. The van der Waals surface area contributed by atoms with Crippen molar-refractivity contribution in [2.45, 2.75) is 33.6 Å². The number of rotatable bonds is 5. The number of amidine groups is 1. The van der Waals surface area contributed by atoms with Crippen LogP contribution in [0.4, 0.5) is 5.82 Å². The Morgan fingerprint density at radius 1 is 1.50 bits per heavy atom. The highest BCUT2D eigenvalue weighted by Crippen LogP contribution is 2.10. The molecule has 5 nitrogen and oxygen atoms in total. The van der Waals surface area contributed by atoms with Crippen LogP contribution in [0.15, 0.2) is 22.7 Å². The van der Waals surface area contributed by atoms with Crippen molar-refractivity contribution in [3.63, 3.8) is 0 Å². The van der Waals surface area contributed by atoms with Crippen molar-refractivity contribution in [3.8, 4) is 0 Å². The van der Waals surface area contributed by atoms with Crippen molar-refractivity contribution in [2.24, 2.45) is 10.7 Å². The molecule has 3 N–H and O–H groups in total. The molecule has 18 heavy (non-hydrogen) atoms. The number of aromatic nitrogens is 2. The fourth-order valence-corrected chi connectivity index (χ4v) is 1.37. The van der Waals surface area contributed by atoms with Crippen LogP contribution < -0.4 is 5.73 Å². The Balaban J connectivity index is 3.02. The summed E-state index contributed by atoms with van der Waals surface area (Å²) in [5.41, 5.74) is 7.82. The van der Waals surface area contributed by atoms with Crippen LogP contribution >= 0.6 is 0 Å². The zero-order valence-electron chi connectivity index (χ0n) is 11.1. The van der Waals surface area contributed by atoms with Crippen LogP contribution in [0.5, 0.6) is 0 Å². The first kappa shape index (κ1) is 14.0. The van der Waals surface area contributed by atoms with Gasteiger partial charge in [-0.25, -0.2) is 15.0 Å². The van der Waals surface area contributed by atoms with E-state index in [4.69, 9.17) is 11.1 Å². The molecule has 0 radical (unpaired) electrons. The van der Waals surface area contributed by atoms with Gasteiger partial charge in [0.25, 0.3) is 0 Å². The fraction of sp³-hybridized carbons (Fsp3) is 0.385. The maximum atomic E-state index is 7.07. The molecule has 0 saturated carbocycles. The second kappa shape index (κ2) is 6.64. The van der Waals surface area contributed by atoms with Crippen LogP contribution in [0, 0.1) is 12.3 Å². The van der Waals surface area contributed by atoms with Crippen LogP contribution in [0.3, 0.4) is 0 Å². The maximum absolute atomic E-state index is 7.07. The number of hydrogen-bond donors (Lipinski definition) is 2. The van der Waals surface area contributed by atoms with E-state index in [-0.39, 0.29) is 0 Å². The second-order valence-electron chi connectivity index (χ2n) is 4.07. The summed E-state index contributed by atoms with van der Waals surface area (Å²) in [5.74, 6) is 1.57. The largest absolute Gasteiger partial charge is 0.384 e. The van der Waals surface area contributed by atoms with Crippen molar-refractivity contribution in [1.29, 1.82) is 5.41 Å². The Morgan fingerprint density at radius 2 is 2.22 bits per heavy atom. The van der Waals surface area contributed by atoms with Crippen molar-refractivity contribution >= 4 is 17.9 Å². The lowest BCUT2D eigenvalue weighted by molar-refractivity contribution is 0.977. The molecule has 1 heterocycles. The van der Waals surface area contributed by atoms with Crippen molar-refractivity contribution in [3.05, 3.63) is 29.2 Å². The molecule has 0 aliphatic heterocycles. The minimum atomic E-state index is 0.411. The SMILES string of the molecule is CC/C(C)=C/C(N)=Nc1cc(C)nc(CC=N)n1. The van der Waals surface area contributed by atoms with Crippen molar-refractivity contribution < 1.29 is 0 Å². The third kappa shape index (κ3) is 4.45. The first-order valence-electron chi connectivity index (χ1n) is 5.90. The molecule has 0 aromatic carbocycles. The van der Waals surface area contributed by atoms with Gasteiger partial charge in [0, 0.05) is 24.4 Å². The molecule has 0 aliphatic carbocycles. The molecule has 0 spiro atoms. The van der Waals surface area contributed by atoms with E-state index in [2.05, 4.69) is 21.9 Å². The molecule has 0 amide bonds. The fourth-order valence-electron chi connectivity index (χ4n) is 1.37. The number of aliphatic imine (C=N–C) groups is 1. The first-order valence-corrected chi connectivity index (χ1v) is 5.90. The van der Waals surface area contributed by atoms with Crippen LogP contribution in [-0.4, -0.2) is 22.0 Å². The topological polar surface area (TPSA) is 88.0 Å². The Kier molecular flexibility index (Phi) is 5.17. The predicted molar refractivity (Wildman–Crippen MR) is 74.6 cm³/mol. The number of allylic oxidation sites excluding steroid dienone is 1. The Labute approximate surface area is 107 Å². The van der Waals surface area contributed by atoms with Gasteiger partial charge >= 0.3 is 0 Å². The summed E-state index contributed by atoms with van der Waals surface area (Å²) < 4.78 is 0. The van der Waals surface area contributed by atoms with Gasteiger partial charge in [-0.1, -0.05) is 12.5 Å². The van der Waals surface area contributed by atoms with E-state index in [0.717, 1.165) is 12.1 Å². The predicted octanol–water partition coefficient (Wildman–Crippen LogP) is 2.32. The van der Waals surface area contributed by atoms with E-state index in [1.165, 1.54) is 11.8 Å². The smallest absolute Gasteiger partial charge is 0.158 e. The number of nitrogens with zero attached hydrogens (tertiary/aromatic N) is 3. The molecule has 1 aromatic rings. The number of hydrogen-bond acceptors (Lipinski definition) is 4. The number of nitrogens with two attached hydrogens (primary N) is 1. The highest BCUT2D eigenvalue weighted by molar-refractivity contribution is 5.93. The monoisotopic (exact) mass is 245 g/mol. The van der Waals surface area contributed by atoms with Crippen molar-refractivity contribution in [2.75, 3.05) is 0 Å². The Hall–Kier alpha value is -2.04. The average molecular weight is 245 g/mol. The molecule has 1 rings (SSSR count). The molecule has 5 heteroatoms. The molecule has 96 valence electrons. The molecule has 1 aromatic heterocycles. The third-order valence-electron chi connectivity index (χ3n) is 2.37. The summed E-state index contributed by atoms with van der Waals surface area (Å²) in [6.45, 7) is 5.95. The van der Waals surface area contributed by atoms with Gasteiger partial charge < -0.3 is 11.1 Å². The molecule has 0 bridgehead atoms. The van der Waals surface area contributed by atoms with E-state index in [1.807, 2.05) is 19.9 Å². The second-order valence-corrected chi connectivity index (χ2v) is 4.07. The number of aryl methyl sites for hydroxylation is 1. The lowest BCUT2D eigenvalue weighted by atomic mass is 10.2. The molecule has 0 saturated heterocycles. The Morgan fingerprint density at radius 3 is 2.83 bits per heavy atom. The zero-order valence-corrected chi connectivity index (χ0v) is 11.1. The van der Waals surface area contributed by atoms with E-state index < -0.39 is 0 Å². The highest BCUT2D eigenvalue weighted by atomic mass is 15.0.